The normalized spacial score (nSPS) is 22.7. The second kappa shape index (κ2) is 3.34. The van der Waals surface area contributed by atoms with E-state index < -0.39 is 0 Å². The zero-order chi connectivity index (χ0) is 8.27. The van der Waals surface area contributed by atoms with Crippen molar-refractivity contribution in [3.05, 3.63) is 23.8 Å². The molecule has 1 unspecified atom stereocenters. The molecule has 11 heavy (non-hydrogen) atoms. The van der Waals surface area contributed by atoms with Crippen LogP contribution in [-0.2, 0) is 4.79 Å². The van der Waals surface area contributed by atoms with Crippen LogP contribution in [0.15, 0.2) is 23.8 Å². The van der Waals surface area contributed by atoms with Gasteiger partial charge in [-0.2, -0.15) is 0 Å². The first kappa shape index (κ1) is 8.01. The van der Waals surface area contributed by atoms with E-state index in [9.17, 15) is 4.79 Å². The summed E-state index contributed by atoms with van der Waals surface area (Å²) in [5.74, 6) is 4.80. The molecule has 1 amide bonds. The highest BCUT2D eigenvalue weighted by atomic mass is 16.2. The molecule has 0 fully saturated rings. The number of carbonyl (C=O) groups excluding carboxylic acids is 1. The van der Waals surface area contributed by atoms with E-state index in [0.717, 1.165) is 6.42 Å². The van der Waals surface area contributed by atoms with Gasteiger partial charge in [0.05, 0.1) is 5.92 Å². The third-order valence-corrected chi connectivity index (χ3v) is 1.75. The quantitative estimate of drug-likeness (QED) is 0.326. The molecule has 0 aliphatic heterocycles. The second-order valence-corrected chi connectivity index (χ2v) is 2.72. The minimum absolute atomic E-state index is 0.0787. The SMILES string of the molecule is CC1=CC=CC(C(=O)NN)C1. The average molecular weight is 152 g/mol. The van der Waals surface area contributed by atoms with Crippen molar-refractivity contribution >= 4 is 5.91 Å². The number of nitrogens with two attached hydrogens (primary N) is 1. The van der Waals surface area contributed by atoms with Crippen LogP contribution in [0.1, 0.15) is 13.3 Å². The van der Waals surface area contributed by atoms with Gasteiger partial charge in [-0.15, -0.1) is 0 Å². The van der Waals surface area contributed by atoms with Crippen LogP contribution in [0.3, 0.4) is 0 Å². The third kappa shape index (κ3) is 1.91. The summed E-state index contributed by atoms with van der Waals surface area (Å²) < 4.78 is 0. The smallest absolute Gasteiger partial charge is 0.241 e. The van der Waals surface area contributed by atoms with Crippen LogP contribution in [0, 0.1) is 5.92 Å². The highest BCUT2D eigenvalue weighted by Crippen LogP contribution is 2.17. The van der Waals surface area contributed by atoms with Gasteiger partial charge in [0.15, 0.2) is 0 Å². The number of allylic oxidation sites excluding steroid dienone is 3. The number of rotatable bonds is 1. The zero-order valence-corrected chi connectivity index (χ0v) is 6.50. The van der Waals surface area contributed by atoms with Gasteiger partial charge in [-0.1, -0.05) is 23.8 Å². The number of hydrogen-bond donors (Lipinski definition) is 2. The van der Waals surface area contributed by atoms with Crippen molar-refractivity contribution < 1.29 is 4.79 Å². The van der Waals surface area contributed by atoms with Gasteiger partial charge in [0.25, 0.3) is 0 Å². The fourth-order valence-corrected chi connectivity index (χ4v) is 1.12. The summed E-state index contributed by atoms with van der Waals surface area (Å²) in [5.41, 5.74) is 3.35. The molecule has 1 atom stereocenters. The zero-order valence-electron chi connectivity index (χ0n) is 6.50. The Bertz CT molecular complexity index is 218. The first-order chi connectivity index (χ1) is 5.24. The summed E-state index contributed by atoms with van der Waals surface area (Å²) in [5, 5.41) is 0. The highest BCUT2D eigenvalue weighted by molar-refractivity contribution is 5.80. The van der Waals surface area contributed by atoms with Crippen LogP contribution < -0.4 is 11.3 Å². The lowest BCUT2D eigenvalue weighted by Gasteiger charge is -2.13. The van der Waals surface area contributed by atoms with Crippen LogP contribution in [-0.4, -0.2) is 5.91 Å². The molecule has 0 saturated heterocycles. The Morgan fingerprint density at radius 2 is 2.55 bits per heavy atom. The fraction of sp³-hybridized carbons (Fsp3) is 0.375. The summed E-state index contributed by atoms with van der Waals surface area (Å²) in [6, 6.07) is 0. The van der Waals surface area contributed by atoms with Crippen LogP contribution in [0.5, 0.6) is 0 Å². The Labute approximate surface area is 65.9 Å². The Kier molecular flexibility index (Phi) is 2.44. The molecule has 0 aromatic rings. The standard InChI is InChI=1S/C8H12N2O/c1-6-3-2-4-7(5-6)8(11)10-9/h2-4,7H,5,9H2,1H3,(H,10,11). The minimum Gasteiger partial charge on any atom is -0.294 e. The van der Waals surface area contributed by atoms with E-state index in [0.29, 0.717) is 0 Å². The van der Waals surface area contributed by atoms with E-state index in [4.69, 9.17) is 5.84 Å². The lowest BCUT2D eigenvalue weighted by Crippen LogP contribution is -2.35. The number of amides is 1. The van der Waals surface area contributed by atoms with Gasteiger partial charge in [-0.05, 0) is 13.3 Å². The summed E-state index contributed by atoms with van der Waals surface area (Å²) in [6.45, 7) is 2.00. The van der Waals surface area contributed by atoms with E-state index >= 15 is 0 Å². The molecule has 0 saturated carbocycles. The van der Waals surface area contributed by atoms with E-state index in [1.54, 1.807) is 0 Å². The molecule has 0 bridgehead atoms. The van der Waals surface area contributed by atoms with Crippen molar-refractivity contribution in [2.45, 2.75) is 13.3 Å². The topological polar surface area (TPSA) is 55.1 Å². The molecule has 60 valence electrons. The Hall–Kier alpha value is -1.09. The van der Waals surface area contributed by atoms with Gasteiger partial charge < -0.3 is 0 Å². The molecule has 0 aromatic heterocycles. The molecule has 3 N–H and O–H groups in total. The maximum Gasteiger partial charge on any atom is 0.241 e. The average Bonchev–Trinajstić information content (AvgIpc) is 2.03. The third-order valence-electron chi connectivity index (χ3n) is 1.75. The van der Waals surface area contributed by atoms with Crippen molar-refractivity contribution in [3.8, 4) is 0 Å². The van der Waals surface area contributed by atoms with Crippen molar-refractivity contribution in [1.82, 2.24) is 5.43 Å². The van der Waals surface area contributed by atoms with Gasteiger partial charge in [-0.25, -0.2) is 5.84 Å². The van der Waals surface area contributed by atoms with Gasteiger partial charge in [0, 0.05) is 0 Å². The number of nitrogens with one attached hydrogen (secondary N) is 1. The van der Waals surface area contributed by atoms with E-state index in [1.165, 1.54) is 5.57 Å². The maximum absolute atomic E-state index is 11.0. The lowest BCUT2D eigenvalue weighted by molar-refractivity contribution is -0.123. The van der Waals surface area contributed by atoms with Crippen molar-refractivity contribution in [2.75, 3.05) is 0 Å². The minimum atomic E-state index is -0.117. The molecule has 0 aromatic carbocycles. The molecule has 1 aliphatic rings. The van der Waals surface area contributed by atoms with Crippen molar-refractivity contribution in [2.24, 2.45) is 11.8 Å². The van der Waals surface area contributed by atoms with E-state index in [-0.39, 0.29) is 11.8 Å². The lowest BCUT2D eigenvalue weighted by atomic mass is 9.95. The molecule has 0 heterocycles. The Balaban J connectivity index is 2.59. The Morgan fingerprint density at radius 3 is 3.09 bits per heavy atom. The van der Waals surface area contributed by atoms with Gasteiger partial charge >= 0.3 is 0 Å². The maximum atomic E-state index is 11.0. The first-order valence-electron chi connectivity index (χ1n) is 3.58. The summed E-state index contributed by atoms with van der Waals surface area (Å²) in [4.78, 5) is 11.0. The molecule has 0 spiro atoms. The monoisotopic (exact) mass is 152 g/mol. The van der Waals surface area contributed by atoms with Crippen LogP contribution in [0.4, 0.5) is 0 Å². The van der Waals surface area contributed by atoms with Gasteiger partial charge in [0.2, 0.25) is 5.91 Å². The van der Waals surface area contributed by atoms with Crippen molar-refractivity contribution in [3.63, 3.8) is 0 Å². The van der Waals surface area contributed by atoms with Crippen LogP contribution in [0.2, 0.25) is 0 Å². The molecular formula is C8H12N2O. The molecule has 1 rings (SSSR count). The van der Waals surface area contributed by atoms with Gasteiger partial charge in [-0.3, -0.25) is 10.2 Å². The first-order valence-corrected chi connectivity index (χ1v) is 3.58. The predicted octanol–water partition coefficient (Wildman–Crippen LogP) is 0.499. The highest BCUT2D eigenvalue weighted by Gasteiger charge is 2.15. The second-order valence-electron chi connectivity index (χ2n) is 2.72. The van der Waals surface area contributed by atoms with Crippen molar-refractivity contribution in [1.29, 1.82) is 0 Å². The summed E-state index contributed by atoms with van der Waals surface area (Å²) in [7, 11) is 0. The van der Waals surface area contributed by atoms with Gasteiger partial charge in [0.1, 0.15) is 0 Å². The molecule has 3 nitrogen and oxygen atoms in total. The van der Waals surface area contributed by atoms with E-state index in [1.807, 2.05) is 25.2 Å². The number of hydrogen-bond acceptors (Lipinski definition) is 2. The fourth-order valence-electron chi connectivity index (χ4n) is 1.12. The molecular weight excluding hydrogens is 140 g/mol. The Morgan fingerprint density at radius 1 is 1.82 bits per heavy atom. The number of carbonyl (C=O) groups is 1. The number of hydrazine groups is 1. The summed E-state index contributed by atoms with van der Waals surface area (Å²) in [6.07, 6.45) is 6.52. The summed E-state index contributed by atoms with van der Waals surface area (Å²) >= 11 is 0. The molecule has 1 aliphatic carbocycles. The van der Waals surface area contributed by atoms with E-state index in [2.05, 4.69) is 5.43 Å². The van der Waals surface area contributed by atoms with Crippen LogP contribution >= 0.6 is 0 Å². The largest absolute Gasteiger partial charge is 0.294 e. The van der Waals surface area contributed by atoms with Crippen LogP contribution in [0.25, 0.3) is 0 Å². The molecule has 3 heteroatoms. The predicted molar refractivity (Wildman–Crippen MR) is 43.3 cm³/mol. The molecule has 0 radical (unpaired) electrons.